The van der Waals surface area contributed by atoms with Gasteiger partial charge in [-0.2, -0.15) is 13.2 Å². The summed E-state index contributed by atoms with van der Waals surface area (Å²) in [7, 11) is -4.37. The van der Waals surface area contributed by atoms with Gasteiger partial charge in [-0.05, 0) is 18.2 Å². The van der Waals surface area contributed by atoms with Gasteiger partial charge in [-0.3, -0.25) is 4.90 Å². The fourth-order valence-corrected chi connectivity index (χ4v) is 3.54. The number of hydrogen-bond acceptors (Lipinski definition) is 4. The maximum atomic E-state index is 13.0. The van der Waals surface area contributed by atoms with Crippen LogP contribution in [0.2, 0.25) is 0 Å². The number of piperazine rings is 1. The van der Waals surface area contributed by atoms with E-state index in [2.05, 4.69) is 10.0 Å². The van der Waals surface area contributed by atoms with E-state index in [1.165, 1.54) is 0 Å². The van der Waals surface area contributed by atoms with Crippen molar-refractivity contribution in [3.05, 3.63) is 29.6 Å². The van der Waals surface area contributed by atoms with Crippen LogP contribution in [0, 0.1) is 5.82 Å². The molecule has 0 bridgehead atoms. The molecule has 1 aromatic rings. The molecule has 0 aromatic heterocycles. The molecular formula is C13H19Cl2F4N3O2S. The predicted octanol–water partition coefficient (Wildman–Crippen LogP) is 1.87. The molecule has 0 saturated carbocycles. The van der Waals surface area contributed by atoms with E-state index in [0.29, 0.717) is 18.7 Å². The van der Waals surface area contributed by atoms with Gasteiger partial charge < -0.3 is 5.32 Å². The first-order chi connectivity index (χ1) is 10.7. The number of alkyl halides is 3. The molecule has 1 aliphatic heterocycles. The van der Waals surface area contributed by atoms with E-state index < -0.39 is 32.5 Å². The smallest absolute Gasteiger partial charge is 0.314 e. The van der Waals surface area contributed by atoms with Crippen molar-refractivity contribution in [2.24, 2.45) is 0 Å². The average molecular weight is 428 g/mol. The molecular weight excluding hydrogens is 409 g/mol. The first kappa shape index (κ1) is 24.4. The zero-order valence-corrected chi connectivity index (χ0v) is 15.4. The van der Waals surface area contributed by atoms with Crippen LogP contribution in [0.3, 0.4) is 0 Å². The molecule has 2 rings (SSSR count). The highest BCUT2D eigenvalue weighted by molar-refractivity contribution is 7.89. The molecule has 0 radical (unpaired) electrons. The third-order valence-corrected chi connectivity index (χ3v) is 4.99. The summed E-state index contributed by atoms with van der Waals surface area (Å²) in [4.78, 5) is 1.03. The topological polar surface area (TPSA) is 61.4 Å². The van der Waals surface area contributed by atoms with Crippen molar-refractivity contribution in [1.82, 2.24) is 14.9 Å². The SMILES string of the molecule is Cl.Cl.O=S(=O)(NCCN1CCNCC1)c1ccc(F)cc1C(F)(F)F. The van der Waals surface area contributed by atoms with Crippen molar-refractivity contribution < 1.29 is 26.0 Å². The number of sulfonamides is 1. The van der Waals surface area contributed by atoms with Gasteiger partial charge >= 0.3 is 6.18 Å². The summed E-state index contributed by atoms with van der Waals surface area (Å²) >= 11 is 0. The van der Waals surface area contributed by atoms with Crippen LogP contribution >= 0.6 is 24.8 Å². The highest BCUT2D eigenvalue weighted by Gasteiger charge is 2.37. The third-order valence-electron chi connectivity index (χ3n) is 3.47. The Morgan fingerprint density at radius 1 is 1.16 bits per heavy atom. The Kier molecular flexibility index (Phi) is 9.63. The molecule has 0 amide bonds. The molecule has 1 saturated heterocycles. The van der Waals surface area contributed by atoms with Gasteiger partial charge in [0, 0.05) is 39.3 Å². The number of nitrogens with zero attached hydrogens (tertiary/aromatic N) is 1. The van der Waals surface area contributed by atoms with Crippen LogP contribution in [0.1, 0.15) is 5.56 Å². The molecule has 0 aliphatic carbocycles. The summed E-state index contributed by atoms with van der Waals surface area (Å²) in [5.41, 5.74) is -1.51. The van der Waals surface area contributed by atoms with Crippen molar-refractivity contribution in [3.63, 3.8) is 0 Å². The first-order valence-electron chi connectivity index (χ1n) is 6.99. The molecule has 1 aromatic carbocycles. The molecule has 0 atom stereocenters. The minimum atomic E-state index is -4.95. The van der Waals surface area contributed by atoms with Crippen molar-refractivity contribution in [3.8, 4) is 0 Å². The number of nitrogens with one attached hydrogen (secondary N) is 2. The monoisotopic (exact) mass is 427 g/mol. The van der Waals surface area contributed by atoms with Crippen molar-refractivity contribution >= 4 is 34.8 Å². The second-order valence-corrected chi connectivity index (χ2v) is 6.86. The number of rotatable bonds is 5. The lowest BCUT2D eigenvalue weighted by Crippen LogP contribution is -2.46. The van der Waals surface area contributed by atoms with Gasteiger partial charge in [0.05, 0.1) is 10.5 Å². The highest BCUT2D eigenvalue weighted by atomic mass is 35.5. The van der Waals surface area contributed by atoms with Crippen LogP contribution in [-0.4, -0.2) is 52.6 Å². The van der Waals surface area contributed by atoms with Gasteiger partial charge in [-0.1, -0.05) is 0 Å². The zero-order chi connectivity index (χ0) is 17.1. The van der Waals surface area contributed by atoms with E-state index >= 15 is 0 Å². The maximum Gasteiger partial charge on any atom is 0.417 e. The molecule has 25 heavy (non-hydrogen) atoms. The Morgan fingerprint density at radius 2 is 1.76 bits per heavy atom. The summed E-state index contributed by atoms with van der Waals surface area (Å²) in [5, 5.41) is 3.14. The normalized spacial score (nSPS) is 16.0. The van der Waals surface area contributed by atoms with Crippen LogP contribution in [0.4, 0.5) is 17.6 Å². The summed E-state index contributed by atoms with van der Waals surface area (Å²) in [6.45, 7) is 3.42. The highest BCUT2D eigenvalue weighted by Crippen LogP contribution is 2.34. The summed E-state index contributed by atoms with van der Waals surface area (Å²) in [5.74, 6) is -1.14. The lowest BCUT2D eigenvalue weighted by atomic mass is 10.2. The van der Waals surface area contributed by atoms with Crippen molar-refractivity contribution in [1.29, 1.82) is 0 Å². The lowest BCUT2D eigenvalue weighted by molar-refractivity contribution is -0.140. The second kappa shape index (κ2) is 9.89. The summed E-state index contributed by atoms with van der Waals surface area (Å²) in [6, 6.07) is 1.51. The predicted molar refractivity (Wildman–Crippen MR) is 90.4 cm³/mol. The first-order valence-corrected chi connectivity index (χ1v) is 8.48. The van der Waals surface area contributed by atoms with Gasteiger partial charge in [-0.25, -0.2) is 17.5 Å². The van der Waals surface area contributed by atoms with Crippen LogP contribution in [-0.2, 0) is 16.2 Å². The van der Waals surface area contributed by atoms with E-state index in [1.807, 2.05) is 4.90 Å². The summed E-state index contributed by atoms with van der Waals surface area (Å²) in [6.07, 6.45) is -4.95. The van der Waals surface area contributed by atoms with E-state index in [1.54, 1.807) is 0 Å². The Bertz CT molecular complexity index is 653. The van der Waals surface area contributed by atoms with Crippen molar-refractivity contribution in [2.75, 3.05) is 39.3 Å². The van der Waals surface area contributed by atoms with Crippen LogP contribution in [0.15, 0.2) is 23.1 Å². The van der Waals surface area contributed by atoms with Gasteiger partial charge in [0.15, 0.2) is 0 Å². The van der Waals surface area contributed by atoms with E-state index in [-0.39, 0.29) is 37.4 Å². The Labute approximate surface area is 156 Å². The Hall–Kier alpha value is -0.650. The largest absolute Gasteiger partial charge is 0.417 e. The van der Waals surface area contributed by atoms with Crippen LogP contribution < -0.4 is 10.0 Å². The minimum absolute atomic E-state index is 0. The minimum Gasteiger partial charge on any atom is -0.314 e. The second-order valence-electron chi connectivity index (χ2n) is 5.13. The zero-order valence-electron chi connectivity index (χ0n) is 13.0. The molecule has 1 aliphatic rings. The van der Waals surface area contributed by atoms with E-state index in [4.69, 9.17) is 0 Å². The molecule has 146 valence electrons. The fourth-order valence-electron chi connectivity index (χ4n) is 2.31. The average Bonchev–Trinajstić information content (AvgIpc) is 2.47. The van der Waals surface area contributed by atoms with Crippen molar-refractivity contribution in [2.45, 2.75) is 11.1 Å². The van der Waals surface area contributed by atoms with Crippen LogP contribution in [0.25, 0.3) is 0 Å². The summed E-state index contributed by atoms with van der Waals surface area (Å²) < 4.78 is 78.0. The molecule has 1 heterocycles. The quantitative estimate of drug-likeness (QED) is 0.704. The third kappa shape index (κ3) is 6.87. The van der Waals surface area contributed by atoms with Gasteiger partial charge in [-0.15, -0.1) is 24.8 Å². The Morgan fingerprint density at radius 3 is 2.32 bits per heavy atom. The number of halogens is 6. The maximum absolute atomic E-state index is 13.0. The fraction of sp³-hybridized carbons (Fsp3) is 0.538. The van der Waals surface area contributed by atoms with Crippen LogP contribution in [0.5, 0.6) is 0 Å². The van der Waals surface area contributed by atoms with E-state index in [9.17, 15) is 26.0 Å². The number of benzene rings is 1. The lowest BCUT2D eigenvalue weighted by Gasteiger charge is -2.27. The molecule has 0 spiro atoms. The van der Waals surface area contributed by atoms with E-state index in [0.717, 1.165) is 26.2 Å². The molecule has 2 N–H and O–H groups in total. The molecule has 0 unspecified atom stereocenters. The molecule has 5 nitrogen and oxygen atoms in total. The Balaban J connectivity index is 0.00000288. The van der Waals surface area contributed by atoms with Gasteiger partial charge in [0.25, 0.3) is 0 Å². The van der Waals surface area contributed by atoms with Gasteiger partial charge in [0.1, 0.15) is 5.82 Å². The van der Waals surface area contributed by atoms with Gasteiger partial charge in [0.2, 0.25) is 10.0 Å². The molecule has 1 fully saturated rings. The molecule has 12 heteroatoms. The number of hydrogen-bond donors (Lipinski definition) is 2. The standard InChI is InChI=1S/C13H17F4N3O2S.2ClH/c14-10-1-2-12(11(9-10)13(15,16)17)23(21,22)19-5-8-20-6-3-18-4-7-20;;/h1-2,9,18-19H,3-8H2;2*1H.